The van der Waals surface area contributed by atoms with Gasteiger partial charge in [-0.15, -0.1) is 11.8 Å². The van der Waals surface area contributed by atoms with Crippen LogP contribution in [0.4, 0.5) is 11.4 Å². The SMILES string of the molecule is Cc1ccccc1N1C(=O)CS[C@H]1c1ccc([N+](=O)[O-])cc1. The Hall–Kier alpha value is -2.34. The Bertz CT molecular complexity index is 730. The van der Waals surface area contributed by atoms with Gasteiger partial charge in [0.2, 0.25) is 5.91 Å². The number of nitro groups is 1. The number of nitrogens with zero attached hydrogens (tertiary/aromatic N) is 2. The van der Waals surface area contributed by atoms with E-state index in [-0.39, 0.29) is 17.0 Å². The Morgan fingerprint density at radius 2 is 1.86 bits per heavy atom. The first kappa shape index (κ1) is 14.6. The highest BCUT2D eigenvalue weighted by Gasteiger charge is 2.34. The predicted molar refractivity (Wildman–Crippen MR) is 87.0 cm³/mol. The van der Waals surface area contributed by atoms with Crippen molar-refractivity contribution in [3.8, 4) is 0 Å². The van der Waals surface area contributed by atoms with Crippen LogP contribution in [0.1, 0.15) is 16.5 Å². The number of hydrogen-bond donors (Lipinski definition) is 0. The molecular formula is C16H14N2O3S. The van der Waals surface area contributed by atoms with Crippen LogP contribution in [0.3, 0.4) is 0 Å². The van der Waals surface area contributed by atoms with Gasteiger partial charge in [-0.25, -0.2) is 0 Å². The molecule has 1 aliphatic rings. The van der Waals surface area contributed by atoms with Gasteiger partial charge in [-0.2, -0.15) is 0 Å². The highest BCUT2D eigenvalue weighted by molar-refractivity contribution is 8.00. The van der Waals surface area contributed by atoms with Crippen molar-refractivity contribution in [1.82, 2.24) is 0 Å². The third kappa shape index (κ3) is 2.57. The number of hydrogen-bond acceptors (Lipinski definition) is 4. The fourth-order valence-electron chi connectivity index (χ4n) is 2.53. The highest BCUT2D eigenvalue weighted by Crippen LogP contribution is 2.42. The maximum absolute atomic E-state index is 12.3. The number of anilines is 1. The molecule has 0 aliphatic carbocycles. The van der Waals surface area contributed by atoms with Crippen molar-refractivity contribution >= 4 is 29.0 Å². The Morgan fingerprint density at radius 1 is 1.18 bits per heavy atom. The first-order valence-electron chi connectivity index (χ1n) is 6.81. The summed E-state index contributed by atoms with van der Waals surface area (Å²) in [5, 5.41) is 10.6. The molecule has 0 unspecified atom stereocenters. The number of carbonyl (C=O) groups is 1. The fraction of sp³-hybridized carbons (Fsp3) is 0.188. The summed E-state index contributed by atoms with van der Waals surface area (Å²) in [6, 6.07) is 14.2. The summed E-state index contributed by atoms with van der Waals surface area (Å²) in [5.41, 5.74) is 2.87. The van der Waals surface area contributed by atoms with E-state index in [4.69, 9.17) is 0 Å². The van der Waals surface area contributed by atoms with Crippen LogP contribution >= 0.6 is 11.8 Å². The third-order valence-electron chi connectivity index (χ3n) is 3.63. The van der Waals surface area contributed by atoms with E-state index >= 15 is 0 Å². The van der Waals surface area contributed by atoms with Crippen LogP contribution in [0.15, 0.2) is 48.5 Å². The molecule has 1 aliphatic heterocycles. The summed E-state index contributed by atoms with van der Waals surface area (Å²) in [6.45, 7) is 1.97. The first-order chi connectivity index (χ1) is 10.6. The summed E-state index contributed by atoms with van der Waals surface area (Å²) in [7, 11) is 0. The average Bonchev–Trinajstić information content (AvgIpc) is 2.89. The molecule has 112 valence electrons. The largest absolute Gasteiger partial charge is 0.295 e. The number of benzene rings is 2. The van der Waals surface area contributed by atoms with Crippen LogP contribution in [0.25, 0.3) is 0 Å². The molecule has 0 bridgehead atoms. The molecule has 0 N–H and O–H groups in total. The molecular weight excluding hydrogens is 300 g/mol. The van der Waals surface area contributed by atoms with Crippen molar-refractivity contribution in [1.29, 1.82) is 0 Å². The Balaban J connectivity index is 1.97. The van der Waals surface area contributed by atoms with Gasteiger partial charge >= 0.3 is 0 Å². The summed E-state index contributed by atoms with van der Waals surface area (Å²) >= 11 is 1.54. The number of carbonyl (C=O) groups excluding carboxylic acids is 1. The fourth-order valence-corrected chi connectivity index (χ4v) is 3.69. The smallest absolute Gasteiger partial charge is 0.269 e. The molecule has 6 heteroatoms. The first-order valence-corrected chi connectivity index (χ1v) is 7.86. The second kappa shape index (κ2) is 5.81. The van der Waals surface area contributed by atoms with Crippen LogP contribution < -0.4 is 4.90 Å². The topological polar surface area (TPSA) is 63.5 Å². The van der Waals surface area contributed by atoms with Crippen molar-refractivity contribution in [2.45, 2.75) is 12.3 Å². The summed E-state index contributed by atoms with van der Waals surface area (Å²) in [6.07, 6.45) is 0. The second-order valence-electron chi connectivity index (χ2n) is 5.06. The Kier molecular flexibility index (Phi) is 3.85. The predicted octanol–water partition coefficient (Wildman–Crippen LogP) is 3.68. The molecule has 1 heterocycles. The lowest BCUT2D eigenvalue weighted by Gasteiger charge is -2.25. The standard InChI is InChI=1S/C16H14N2O3S/c1-11-4-2-3-5-14(11)17-15(19)10-22-16(17)12-6-8-13(9-7-12)18(20)21/h2-9,16H,10H2,1H3/t16-/m0/s1. The molecule has 2 aromatic carbocycles. The minimum absolute atomic E-state index is 0.0560. The lowest BCUT2D eigenvalue weighted by molar-refractivity contribution is -0.384. The average molecular weight is 314 g/mol. The molecule has 3 rings (SSSR count). The quantitative estimate of drug-likeness (QED) is 0.640. The van der Waals surface area contributed by atoms with E-state index in [1.807, 2.05) is 31.2 Å². The zero-order chi connectivity index (χ0) is 15.7. The Labute approximate surface area is 132 Å². The van der Waals surface area contributed by atoms with Crippen LogP contribution in [-0.2, 0) is 4.79 Å². The van der Waals surface area contributed by atoms with Gasteiger partial charge in [0.1, 0.15) is 5.37 Å². The highest BCUT2D eigenvalue weighted by atomic mass is 32.2. The lowest BCUT2D eigenvalue weighted by Crippen LogP contribution is -2.28. The zero-order valence-electron chi connectivity index (χ0n) is 11.9. The molecule has 1 atom stereocenters. The minimum atomic E-state index is -0.421. The van der Waals surface area contributed by atoms with Crippen molar-refractivity contribution < 1.29 is 9.72 Å². The van der Waals surface area contributed by atoms with Crippen LogP contribution in [0.2, 0.25) is 0 Å². The van der Waals surface area contributed by atoms with Crippen molar-refractivity contribution in [3.63, 3.8) is 0 Å². The van der Waals surface area contributed by atoms with E-state index in [2.05, 4.69) is 0 Å². The van der Waals surface area contributed by atoms with E-state index in [9.17, 15) is 14.9 Å². The summed E-state index contributed by atoms with van der Waals surface area (Å²) in [4.78, 5) is 24.4. The molecule has 1 amide bonds. The van der Waals surface area contributed by atoms with E-state index in [0.29, 0.717) is 5.75 Å². The van der Waals surface area contributed by atoms with E-state index in [1.54, 1.807) is 17.0 Å². The number of nitro benzene ring substituents is 1. The van der Waals surface area contributed by atoms with E-state index in [0.717, 1.165) is 16.8 Å². The van der Waals surface area contributed by atoms with Gasteiger partial charge in [0, 0.05) is 17.8 Å². The number of thioether (sulfide) groups is 1. The van der Waals surface area contributed by atoms with Crippen molar-refractivity contribution in [2.75, 3.05) is 10.7 Å². The lowest BCUT2D eigenvalue weighted by atomic mass is 10.1. The number of non-ortho nitro benzene ring substituents is 1. The van der Waals surface area contributed by atoms with Gasteiger partial charge in [0.05, 0.1) is 10.7 Å². The molecule has 2 aromatic rings. The molecule has 0 radical (unpaired) electrons. The molecule has 22 heavy (non-hydrogen) atoms. The molecule has 1 fully saturated rings. The minimum Gasteiger partial charge on any atom is -0.295 e. The van der Waals surface area contributed by atoms with Crippen LogP contribution in [0, 0.1) is 17.0 Å². The van der Waals surface area contributed by atoms with Crippen LogP contribution in [0.5, 0.6) is 0 Å². The molecule has 0 spiro atoms. The van der Waals surface area contributed by atoms with Gasteiger partial charge < -0.3 is 0 Å². The number of para-hydroxylation sites is 1. The van der Waals surface area contributed by atoms with Gasteiger partial charge in [-0.3, -0.25) is 19.8 Å². The zero-order valence-corrected chi connectivity index (χ0v) is 12.7. The summed E-state index contributed by atoms with van der Waals surface area (Å²) < 4.78 is 0. The number of amides is 1. The maximum atomic E-state index is 12.3. The molecule has 0 saturated carbocycles. The van der Waals surface area contributed by atoms with Crippen LogP contribution in [-0.4, -0.2) is 16.6 Å². The van der Waals surface area contributed by atoms with Crippen molar-refractivity contribution in [2.24, 2.45) is 0 Å². The normalized spacial score (nSPS) is 17.8. The second-order valence-corrected chi connectivity index (χ2v) is 6.13. The number of rotatable bonds is 3. The number of aryl methyl sites for hydroxylation is 1. The van der Waals surface area contributed by atoms with Gasteiger partial charge in [-0.1, -0.05) is 18.2 Å². The van der Waals surface area contributed by atoms with E-state index < -0.39 is 4.92 Å². The molecule has 5 nitrogen and oxygen atoms in total. The van der Waals surface area contributed by atoms with Gasteiger partial charge in [-0.05, 0) is 36.2 Å². The monoisotopic (exact) mass is 314 g/mol. The molecule has 1 saturated heterocycles. The van der Waals surface area contributed by atoms with Gasteiger partial charge in [0.15, 0.2) is 0 Å². The van der Waals surface area contributed by atoms with Crippen molar-refractivity contribution in [3.05, 3.63) is 69.8 Å². The van der Waals surface area contributed by atoms with Gasteiger partial charge in [0.25, 0.3) is 5.69 Å². The van der Waals surface area contributed by atoms with E-state index in [1.165, 1.54) is 23.9 Å². The maximum Gasteiger partial charge on any atom is 0.269 e. The summed E-state index contributed by atoms with van der Waals surface area (Å²) in [5.74, 6) is 0.471. The molecule has 0 aromatic heterocycles. The Morgan fingerprint density at radius 3 is 2.50 bits per heavy atom. The third-order valence-corrected chi connectivity index (χ3v) is 4.84.